The van der Waals surface area contributed by atoms with E-state index in [0.29, 0.717) is 0 Å². The molecule has 0 aliphatic rings. The molecule has 1 aromatic carbocycles. The van der Waals surface area contributed by atoms with Gasteiger partial charge in [0.1, 0.15) is 0 Å². The van der Waals surface area contributed by atoms with Crippen molar-refractivity contribution in [2.75, 3.05) is 7.05 Å². The smallest absolute Gasteiger partial charge is 0.0406 e. The van der Waals surface area contributed by atoms with Crippen LogP contribution < -0.4 is 0 Å². The lowest BCUT2D eigenvalue weighted by molar-refractivity contribution is 1.46. The Bertz CT molecular complexity index is 226. The van der Waals surface area contributed by atoms with Crippen molar-refractivity contribution < 1.29 is 0 Å². The SMILES string of the molecule is C.CN=Cc1ccc(Cl)cc1. The van der Waals surface area contributed by atoms with Crippen LogP contribution in [-0.2, 0) is 0 Å². The maximum Gasteiger partial charge on any atom is 0.0406 e. The highest BCUT2D eigenvalue weighted by Crippen LogP contribution is 2.07. The van der Waals surface area contributed by atoms with Gasteiger partial charge in [0.05, 0.1) is 0 Å². The van der Waals surface area contributed by atoms with Gasteiger partial charge in [0.15, 0.2) is 0 Å². The Kier molecular flexibility index (Phi) is 4.55. The zero-order valence-corrected chi connectivity index (χ0v) is 6.47. The van der Waals surface area contributed by atoms with E-state index < -0.39 is 0 Å². The molecule has 0 saturated carbocycles. The lowest BCUT2D eigenvalue weighted by atomic mass is 10.2. The first kappa shape index (κ1) is 10.2. The molecule has 0 spiro atoms. The Morgan fingerprint density at radius 1 is 1.27 bits per heavy atom. The maximum atomic E-state index is 5.67. The van der Waals surface area contributed by atoms with Crippen molar-refractivity contribution >= 4 is 17.8 Å². The molecule has 60 valence electrons. The van der Waals surface area contributed by atoms with Crippen LogP contribution in [0.1, 0.15) is 13.0 Å². The van der Waals surface area contributed by atoms with Gasteiger partial charge >= 0.3 is 0 Å². The third-order valence-electron chi connectivity index (χ3n) is 1.15. The van der Waals surface area contributed by atoms with E-state index in [-0.39, 0.29) is 7.43 Å². The number of hydrogen-bond donors (Lipinski definition) is 0. The summed E-state index contributed by atoms with van der Waals surface area (Å²) in [5, 5.41) is 0.758. The molecule has 0 saturated heterocycles. The van der Waals surface area contributed by atoms with Crippen molar-refractivity contribution in [3.05, 3.63) is 34.9 Å². The number of hydrogen-bond acceptors (Lipinski definition) is 1. The fourth-order valence-electron chi connectivity index (χ4n) is 0.698. The maximum absolute atomic E-state index is 5.67. The van der Waals surface area contributed by atoms with Crippen LogP contribution in [0.5, 0.6) is 0 Å². The van der Waals surface area contributed by atoms with E-state index in [9.17, 15) is 0 Å². The number of aliphatic imine (C=N–C) groups is 1. The minimum Gasteiger partial charge on any atom is -0.296 e. The Hall–Kier alpha value is -0.820. The first-order valence-electron chi connectivity index (χ1n) is 3.00. The topological polar surface area (TPSA) is 12.4 Å². The van der Waals surface area contributed by atoms with Crippen LogP contribution in [0.25, 0.3) is 0 Å². The average molecular weight is 170 g/mol. The third kappa shape index (κ3) is 3.19. The van der Waals surface area contributed by atoms with Crippen molar-refractivity contribution in [3.63, 3.8) is 0 Å². The molecule has 1 aromatic rings. The fraction of sp³-hybridized carbons (Fsp3) is 0.222. The summed E-state index contributed by atoms with van der Waals surface area (Å²) < 4.78 is 0. The minimum atomic E-state index is 0. The van der Waals surface area contributed by atoms with E-state index in [1.165, 1.54) is 0 Å². The predicted octanol–water partition coefficient (Wildman–Crippen LogP) is 3.02. The molecule has 1 rings (SSSR count). The summed E-state index contributed by atoms with van der Waals surface area (Å²) in [7, 11) is 1.74. The van der Waals surface area contributed by atoms with Crippen molar-refractivity contribution in [1.82, 2.24) is 0 Å². The second-order valence-corrected chi connectivity index (χ2v) is 2.38. The lowest BCUT2D eigenvalue weighted by Crippen LogP contribution is -1.77. The van der Waals surface area contributed by atoms with E-state index >= 15 is 0 Å². The fourth-order valence-corrected chi connectivity index (χ4v) is 0.824. The summed E-state index contributed by atoms with van der Waals surface area (Å²) in [5.74, 6) is 0. The molecule has 11 heavy (non-hydrogen) atoms. The van der Waals surface area contributed by atoms with Crippen LogP contribution in [-0.4, -0.2) is 13.3 Å². The number of benzene rings is 1. The van der Waals surface area contributed by atoms with Crippen molar-refractivity contribution in [2.24, 2.45) is 4.99 Å². The number of halogens is 1. The summed E-state index contributed by atoms with van der Waals surface area (Å²) in [6.45, 7) is 0. The van der Waals surface area contributed by atoms with Gasteiger partial charge in [0.25, 0.3) is 0 Å². The summed E-state index contributed by atoms with van der Waals surface area (Å²) in [6.07, 6.45) is 1.79. The normalized spacial score (nSPS) is 9.64. The zero-order chi connectivity index (χ0) is 7.40. The van der Waals surface area contributed by atoms with Gasteiger partial charge in [0, 0.05) is 18.3 Å². The van der Waals surface area contributed by atoms with Crippen LogP contribution in [0.2, 0.25) is 5.02 Å². The molecule has 0 aliphatic heterocycles. The van der Waals surface area contributed by atoms with E-state index in [4.69, 9.17) is 11.6 Å². The molecule has 2 heteroatoms. The molecule has 0 aromatic heterocycles. The zero-order valence-electron chi connectivity index (χ0n) is 5.71. The lowest BCUT2D eigenvalue weighted by Gasteiger charge is -1.90. The standard InChI is InChI=1S/C8H8ClN.CH4/c1-10-6-7-2-4-8(9)5-3-7;/h2-6H,1H3;1H4. The highest BCUT2D eigenvalue weighted by Gasteiger charge is 1.85. The molecule has 0 unspecified atom stereocenters. The van der Waals surface area contributed by atoms with Crippen LogP contribution in [0, 0.1) is 0 Å². The molecule has 0 atom stereocenters. The van der Waals surface area contributed by atoms with Crippen molar-refractivity contribution in [3.8, 4) is 0 Å². The van der Waals surface area contributed by atoms with Gasteiger partial charge in [-0.3, -0.25) is 4.99 Å². The molecule has 0 amide bonds. The van der Waals surface area contributed by atoms with Crippen LogP contribution in [0.3, 0.4) is 0 Å². The largest absolute Gasteiger partial charge is 0.296 e. The summed E-state index contributed by atoms with van der Waals surface area (Å²) in [6, 6.07) is 7.54. The molecule has 0 aliphatic carbocycles. The minimum absolute atomic E-state index is 0. The molecule has 0 fully saturated rings. The van der Waals surface area contributed by atoms with Gasteiger partial charge in [-0.1, -0.05) is 31.2 Å². The third-order valence-corrected chi connectivity index (χ3v) is 1.40. The second kappa shape index (κ2) is 4.91. The Balaban J connectivity index is 0.000001000. The molecule has 1 nitrogen and oxygen atoms in total. The van der Waals surface area contributed by atoms with E-state index in [1.807, 2.05) is 24.3 Å². The molecule has 0 N–H and O–H groups in total. The van der Waals surface area contributed by atoms with Crippen molar-refractivity contribution in [1.29, 1.82) is 0 Å². The highest BCUT2D eigenvalue weighted by atomic mass is 35.5. The van der Waals surface area contributed by atoms with Crippen molar-refractivity contribution in [2.45, 2.75) is 7.43 Å². The molecule has 0 radical (unpaired) electrons. The first-order chi connectivity index (χ1) is 4.83. The Labute approximate surface area is 72.7 Å². The van der Waals surface area contributed by atoms with Crippen LogP contribution >= 0.6 is 11.6 Å². The molecule has 0 heterocycles. The van der Waals surface area contributed by atoms with Gasteiger partial charge in [-0.15, -0.1) is 0 Å². The Morgan fingerprint density at radius 3 is 2.27 bits per heavy atom. The van der Waals surface area contributed by atoms with Gasteiger partial charge in [0.2, 0.25) is 0 Å². The van der Waals surface area contributed by atoms with E-state index in [0.717, 1.165) is 10.6 Å². The van der Waals surface area contributed by atoms with Gasteiger partial charge < -0.3 is 0 Å². The quantitative estimate of drug-likeness (QED) is 0.574. The monoisotopic (exact) mass is 169 g/mol. The highest BCUT2D eigenvalue weighted by molar-refractivity contribution is 6.30. The van der Waals surface area contributed by atoms with Gasteiger partial charge in [-0.25, -0.2) is 0 Å². The summed E-state index contributed by atoms with van der Waals surface area (Å²) >= 11 is 5.67. The average Bonchev–Trinajstić information content (AvgIpc) is 1.95. The van der Waals surface area contributed by atoms with Gasteiger partial charge in [-0.05, 0) is 17.7 Å². The number of rotatable bonds is 1. The number of nitrogens with zero attached hydrogens (tertiary/aromatic N) is 1. The second-order valence-electron chi connectivity index (χ2n) is 1.94. The molecular weight excluding hydrogens is 158 g/mol. The molecule has 0 bridgehead atoms. The first-order valence-corrected chi connectivity index (χ1v) is 3.38. The van der Waals surface area contributed by atoms with Crippen LogP contribution in [0.15, 0.2) is 29.3 Å². The Morgan fingerprint density at radius 2 is 1.82 bits per heavy atom. The summed E-state index contributed by atoms with van der Waals surface area (Å²) in [4.78, 5) is 3.87. The van der Waals surface area contributed by atoms with E-state index in [2.05, 4.69) is 4.99 Å². The predicted molar refractivity (Wildman–Crippen MR) is 51.7 cm³/mol. The van der Waals surface area contributed by atoms with Crippen LogP contribution in [0.4, 0.5) is 0 Å². The molecular formula is C9H12ClN. The van der Waals surface area contributed by atoms with E-state index in [1.54, 1.807) is 13.3 Å². The van der Waals surface area contributed by atoms with Gasteiger partial charge in [-0.2, -0.15) is 0 Å². The summed E-state index contributed by atoms with van der Waals surface area (Å²) in [5.41, 5.74) is 1.08.